The first-order valence-corrected chi connectivity index (χ1v) is 7.87. The summed E-state index contributed by atoms with van der Waals surface area (Å²) >= 11 is 0. The summed E-state index contributed by atoms with van der Waals surface area (Å²) in [5.74, 6) is -0.170. The summed E-state index contributed by atoms with van der Waals surface area (Å²) < 4.78 is 2.10. The largest absolute Gasteiger partial charge is 0.503 e. The summed E-state index contributed by atoms with van der Waals surface area (Å²) in [6.07, 6.45) is 3.53. The van der Waals surface area contributed by atoms with E-state index in [0.717, 1.165) is 18.5 Å². The van der Waals surface area contributed by atoms with Crippen molar-refractivity contribution in [1.29, 1.82) is 0 Å². The molecule has 0 radical (unpaired) electrons. The molecule has 0 amide bonds. The maximum Gasteiger partial charge on any atom is 0.223 e. The van der Waals surface area contributed by atoms with Crippen molar-refractivity contribution in [2.75, 3.05) is 14.1 Å². The van der Waals surface area contributed by atoms with E-state index in [0.29, 0.717) is 6.54 Å². The van der Waals surface area contributed by atoms with E-state index in [9.17, 15) is 9.90 Å². The minimum absolute atomic E-state index is 0.0144. The van der Waals surface area contributed by atoms with E-state index in [-0.39, 0.29) is 28.3 Å². The van der Waals surface area contributed by atoms with Crippen LogP contribution in [-0.2, 0) is 6.54 Å². The third-order valence-electron chi connectivity index (χ3n) is 4.18. The maximum absolute atomic E-state index is 11.8. The van der Waals surface area contributed by atoms with E-state index in [1.165, 1.54) is 0 Å². The molecule has 1 aromatic heterocycles. The van der Waals surface area contributed by atoms with E-state index >= 15 is 0 Å². The highest BCUT2D eigenvalue weighted by Crippen LogP contribution is 2.36. The maximum atomic E-state index is 11.8. The van der Waals surface area contributed by atoms with Crippen molar-refractivity contribution in [1.82, 2.24) is 14.8 Å². The molecule has 0 aromatic carbocycles. The lowest BCUT2D eigenvalue weighted by atomic mass is 9.79. The highest BCUT2D eigenvalue weighted by Gasteiger charge is 2.38. The number of piperidine rings is 1. The van der Waals surface area contributed by atoms with Gasteiger partial charge >= 0.3 is 0 Å². The van der Waals surface area contributed by atoms with Gasteiger partial charge in [-0.05, 0) is 54.6 Å². The quantitative estimate of drug-likeness (QED) is 0.898. The second-order valence-electron chi connectivity index (χ2n) is 8.11. The second kappa shape index (κ2) is 5.70. The van der Waals surface area contributed by atoms with Crippen molar-refractivity contribution in [3.63, 3.8) is 0 Å². The number of aromatic hydroxyl groups is 1. The number of pyridine rings is 1. The monoisotopic (exact) mass is 307 g/mol. The van der Waals surface area contributed by atoms with Crippen LogP contribution < -0.4 is 10.7 Å². The zero-order valence-corrected chi connectivity index (χ0v) is 14.6. The Bertz CT molecular complexity index is 586. The summed E-state index contributed by atoms with van der Waals surface area (Å²) in [4.78, 5) is 13.9. The van der Waals surface area contributed by atoms with Gasteiger partial charge in [0.1, 0.15) is 0 Å². The van der Waals surface area contributed by atoms with Crippen LogP contribution >= 0.6 is 0 Å². The summed E-state index contributed by atoms with van der Waals surface area (Å²) in [6, 6.07) is 1.82. The minimum Gasteiger partial charge on any atom is -0.503 e. The molecule has 2 heterocycles. The van der Waals surface area contributed by atoms with Crippen LogP contribution in [0.3, 0.4) is 0 Å². The fraction of sp³-hybridized carbons (Fsp3) is 0.706. The van der Waals surface area contributed by atoms with E-state index in [1.54, 1.807) is 12.3 Å². The van der Waals surface area contributed by atoms with Crippen LogP contribution in [-0.4, -0.2) is 39.7 Å². The molecule has 0 spiro atoms. The molecule has 1 aromatic rings. The molecule has 1 aliphatic rings. The van der Waals surface area contributed by atoms with Gasteiger partial charge in [-0.25, -0.2) is 0 Å². The molecule has 5 nitrogen and oxygen atoms in total. The van der Waals surface area contributed by atoms with E-state index < -0.39 is 0 Å². The lowest BCUT2D eigenvalue weighted by Gasteiger charge is -2.47. The number of aromatic nitrogens is 1. The standard InChI is InChI=1S/C17H29N3O2/c1-16(2)8-13(9-17(3,4)18-16)20-11-15(22)14(21)7-12(20)10-19(5)6/h7,11,13,18,22H,8-10H2,1-6H3. The molecule has 0 aliphatic carbocycles. The summed E-state index contributed by atoms with van der Waals surface area (Å²) in [6.45, 7) is 9.49. The molecule has 0 unspecified atom stereocenters. The van der Waals surface area contributed by atoms with E-state index in [4.69, 9.17) is 0 Å². The molecule has 1 fully saturated rings. The van der Waals surface area contributed by atoms with Crippen LogP contribution in [0.15, 0.2) is 17.1 Å². The lowest BCUT2D eigenvalue weighted by molar-refractivity contribution is 0.129. The second-order valence-corrected chi connectivity index (χ2v) is 8.11. The van der Waals surface area contributed by atoms with Crippen molar-refractivity contribution in [2.24, 2.45) is 0 Å². The number of hydrogen-bond donors (Lipinski definition) is 2. The first-order valence-electron chi connectivity index (χ1n) is 7.87. The number of nitrogens with one attached hydrogen (secondary N) is 1. The summed E-state index contributed by atoms with van der Waals surface area (Å²) in [5, 5.41) is 13.6. The number of rotatable bonds is 3. The third-order valence-corrected chi connectivity index (χ3v) is 4.18. The normalized spacial score (nSPS) is 21.2. The first-order chi connectivity index (χ1) is 9.99. The van der Waals surface area contributed by atoms with Crippen molar-refractivity contribution in [3.05, 3.63) is 28.2 Å². The molecular weight excluding hydrogens is 278 g/mol. The van der Waals surface area contributed by atoms with Crippen molar-refractivity contribution >= 4 is 0 Å². The summed E-state index contributed by atoms with van der Waals surface area (Å²) in [7, 11) is 3.97. The highest BCUT2D eigenvalue weighted by molar-refractivity contribution is 5.22. The van der Waals surface area contributed by atoms with Gasteiger partial charge in [0.2, 0.25) is 5.43 Å². The number of nitrogens with zero attached hydrogens (tertiary/aromatic N) is 2. The van der Waals surface area contributed by atoms with Crippen LogP contribution in [0, 0.1) is 0 Å². The molecular formula is C17H29N3O2. The molecule has 2 rings (SSSR count). The molecule has 5 heteroatoms. The van der Waals surface area contributed by atoms with Gasteiger partial charge in [-0.15, -0.1) is 0 Å². The SMILES string of the molecule is CN(C)Cc1cc(=O)c(O)cn1C1CC(C)(C)NC(C)(C)C1. The van der Waals surface area contributed by atoms with Gasteiger partial charge in [0.25, 0.3) is 0 Å². The Morgan fingerprint density at radius 1 is 1.27 bits per heavy atom. The van der Waals surface area contributed by atoms with Crippen LogP contribution in [0.2, 0.25) is 0 Å². The van der Waals surface area contributed by atoms with Gasteiger partial charge in [0.15, 0.2) is 5.75 Å². The predicted molar refractivity (Wildman–Crippen MR) is 89.3 cm³/mol. The fourth-order valence-corrected chi connectivity index (χ4v) is 3.83. The third kappa shape index (κ3) is 3.90. The fourth-order valence-electron chi connectivity index (χ4n) is 3.83. The molecule has 0 bridgehead atoms. The average Bonchev–Trinajstić information content (AvgIpc) is 2.28. The van der Waals surface area contributed by atoms with E-state index in [1.807, 2.05) is 19.0 Å². The Morgan fingerprint density at radius 2 is 1.82 bits per heavy atom. The van der Waals surface area contributed by atoms with Gasteiger partial charge < -0.3 is 19.9 Å². The van der Waals surface area contributed by atoms with Gasteiger partial charge in [0.05, 0.1) is 6.20 Å². The molecule has 124 valence electrons. The average molecular weight is 307 g/mol. The Labute approximate surface area is 132 Å². The van der Waals surface area contributed by atoms with E-state index in [2.05, 4.69) is 37.6 Å². The van der Waals surface area contributed by atoms with Gasteiger partial charge in [-0.3, -0.25) is 4.79 Å². The summed E-state index contributed by atoms with van der Waals surface area (Å²) in [5.41, 5.74) is 0.674. The van der Waals surface area contributed by atoms with Crippen molar-refractivity contribution in [3.8, 4) is 5.75 Å². The molecule has 2 N–H and O–H groups in total. The van der Waals surface area contributed by atoms with Gasteiger partial charge in [-0.1, -0.05) is 0 Å². The van der Waals surface area contributed by atoms with Crippen molar-refractivity contribution < 1.29 is 5.11 Å². The Kier molecular flexibility index (Phi) is 4.42. The first kappa shape index (κ1) is 17.0. The minimum atomic E-state index is -0.305. The Hall–Kier alpha value is -1.33. The topological polar surface area (TPSA) is 57.5 Å². The van der Waals surface area contributed by atoms with Crippen LogP contribution in [0.4, 0.5) is 0 Å². The molecule has 1 saturated heterocycles. The highest BCUT2D eigenvalue weighted by atomic mass is 16.3. The van der Waals surface area contributed by atoms with Gasteiger partial charge in [0, 0.05) is 35.4 Å². The lowest BCUT2D eigenvalue weighted by Crippen LogP contribution is -2.58. The molecule has 22 heavy (non-hydrogen) atoms. The predicted octanol–water partition coefficient (Wildman–Crippen LogP) is 2.10. The Morgan fingerprint density at radius 3 is 2.32 bits per heavy atom. The number of hydrogen-bond acceptors (Lipinski definition) is 4. The van der Waals surface area contributed by atoms with Gasteiger partial charge in [-0.2, -0.15) is 0 Å². The molecule has 0 saturated carbocycles. The van der Waals surface area contributed by atoms with Crippen LogP contribution in [0.5, 0.6) is 5.75 Å². The van der Waals surface area contributed by atoms with Crippen LogP contribution in [0.25, 0.3) is 0 Å². The van der Waals surface area contributed by atoms with Crippen LogP contribution in [0.1, 0.15) is 52.3 Å². The zero-order valence-electron chi connectivity index (χ0n) is 14.6. The molecule has 1 aliphatic heterocycles. The smallest absolute Gasteiger partial charge is 0.223 e. The Balaban J connectivity index is 2.46. The van der Waals surface area contributed by atoms with Crippen molar-refractivity contribution in [2.45, 2.75) is 64.2 Å². The molecule has 0 atom stereocenters. The zero-order chi connectivity index (χ0) is 16.7.